The molecule has 1 aromatic heterocycles. The summed E-state index contributed by atoms with van der Waals surface area (Å²) >= 11 is 0. The van der Waals surface area contributed by atoms with Crippen molar-refractivity contribution >= 4 is 5.91 Å². The second-order valence-electron chi connectivity index (χ2n) is 3.92. The van der Waals surface area contributed by atoms with E-state index in [2.05, 4.69) is 15.6 Å². The fourth-order valence-corrected chi connectivity index (χ4v) is 1.29. The predicted molar refractivity (Wildman–Crippen MR) is 58.7 cm³/mol. The molecule has 0 aliphatic heterocycles. The number of hydrogen-bond acceptors (Lipinski definition) is 4. The first kappa shape index (κ1) is 12.6. The van der Waals surface area contributed by atoms with Crippen LogP contribution in [0.1, 0.15) is 26.0 Å². The Morgan fingerprint density at radius 2 is 2.38 bits per heavy atom. The molecule has 0 radical (unpaired) electrons. The van der Waals surface area contributed by atoms with Crippen LogP contribution in [0.15, 0.2) is 6.20 Å². The van der Waals surface area contributed by atoms with Crippen molar-refractivity contribution in [2.45, 2.75) is 39.3 Å². The third kappa shape index (κ3) is 4.39. The standard InChI is InChI=1S/C10H18N4O2/c1-8(2)11-10(16)3-5-14-7-9(4-6-15)12-13-14/h7-8,15H,3-6H2,1-2H3,(H,11,16). The van der Waals surface area contributed by atoms with Gasteiger partial charge in [-0.1, -0.05) is 5.21 Å². The maximum atomic E-state index is 11.3. The van der Waals surface area contributed by atoms with E-state index in [9.17, 15) is 4.79 Å². The van der Waals surface area contributed by atoms with Crippen molar-refractivity contribution in [3.63, 3.8) is 0 Å². The molecule has 0 saturated carbocycles. The lowest BCUT2D eigenvalue weighted by molar-refractivity contribution is -0.121. The summed E-state index contributed by atoms with van der Waals surface area (Å²) in [5.41, 5.74) is 0.742. The minimum atomic E-state index is 0.00853. The van der Waals surface area contributed by atoms with Gasteiger partial charge in [-0.15, -0.1) is 5.10 Å². The van der Waals surface area contributed by atoms with Gasteiger partial charge in [0, 0.05) is 31.7 Å². The van der Waals surface area contributed by atoms with Crippen LogP contribution in [0.25, 0.3) is 0 Å². The van der Waals surface area contributed by atoms with Crippen LogP contribution in [0, 0.1) is 0 Å². The summed E-state index contributed by atoms with van der Waals surface area (Å²) in [4.78, 5) is 11.3. The first-order chi connectivity index (χ1) is 7.61. The van der Waals surface area contributed by atoms with Gasteiger partial charge in [0.25, 0.3) is 0 Å². The maximum absolute atomic E-state index is 11.3. The van der Waals surface area contributed by atoms with Gasteiger partial charge in [-0.3, -0.25) is 9.48 Å². The quantitative estimate of drug-likeness (QED) is 0.699. The number of aromatic nitrogens is 3. The van der Waals surface area contributed by atoms with Gasteiger partial charge in [0.05, 0.1) is 12.2 Å². The van der Waals surface area contributed by atoms with E-state index in [4.69, 9.17) is 5.11 Å². The summed E-state index contributed by atoms with van der Waals surface area (Å²) in [6, 6.07) is 0.160. The van der Waals surface area contributed by atoms with E-state index in [1.807, 2.05) is 13.8 Å². The number of amides is 1. The fourth-order valence-electron chi connectivity index (χ4n) is 1.29. The number of hydrogen-bond donors (Lipinski definition) is 2. The lowest BCUT2D eigenvalue weighted by Gasteiger charge is -2.07. The lowest BCUT2D eigenvalue weighted by atomic mass is 10.3. The number of carbonyl (C=O) groups excluding carboxylic acids is 1. The summed E-state index contributed by atoms with van der Waals surface area (Å²) in [5, 5.41) is 19.2. The Labute approximate surface area is 94.7 Å². The van der Waals surface area contributed by atoms with Crippen molar-refractivity contribution in [1.29, 1.82) is 0 Å². The highest BCUT2D eigenvalue weighted by Gasteiger charge is 2.05. The molecule has 1 aromatic rings. The Morgan fingerprint density at radius 1 is 1.62 bits per heavy atom. The van der Waals surface area contributed by atoms with Crippen molar-refractivity contribution in [3.8, 4) is 0 Å². The van der Waals surface area contributed by atoms with Gasteiger partial charge in [0.15, 0.2) is 0 Å². The van der Waals surface area contributed by atoms with Crippen molar-refractivity contribution in [2.75, 3.05) is 6.61 Å². The normalized spacial score (nSPS) is 10.8. The van der Waals surface area contributed by atoms with E-state index in [0.717, 1.165) is 5.69 Å². The molecule has 0 unspecified atom stereocenters. The molecule has 0 bridgehead atoms. The highest BCUT2D eigenvalue weighted by molar-refractivity contribution is 5.75. The van der Waals surface area contributed by atoms with E-state index in [1.165, 1.54) is 0 Å². The smallest absolute Gasteiger partial charge is 0.222 e. The number of aliphatic hydroxyl groups excluding tert-OH is 1. The monoisotopic (exact) mass is 226 g/mol. The van der Waals surface area contributed by atoms with Crippen LogP contribution < -0.4 is 5.32 Å². The topological polar surface area (TPSA) is 80.0 Å². The third-order valence-corrected chi connectivity index (χ3v) is 1.97. The van der Waals surface area contributed by atoms with E-state index in [0.29, 0.717) is 19.4 Å². The minimum absolute atomic E-state index is 0.00853. The SMILES string of the molecule is CC(C)NC(=O)CCn1cc(CCO)nn1. The van der Waals surface area contributed by atoms with Crippen molar-refractivity contribution in [3.05, 3.63) is 11.9 Å². The van der Waals surface area contributed by atoms with Gasteiger partial charge in [-0.2, -0.15) is 0 Å². The molecule has 90 valence electrons. The Kier molecular flexibility index (Phi) is 4.91. The molecule has 2 N–H and O–H groups in total. The summed E-state index contributed by atoms with van der Waals surface area (Å²) in [6.07, 6.45) is 2.64. The Balaban J connectivity index is 2.33. The van der Waals surface area contributed by atoms with Crippen LogP contribution in [-0.2, 0) is 17.8 Å². The van der Waals surface area contributed by atoms with Gasteiger partial charge in [0.2, 0.25) is 5.91 Å². The summed E-state index contributed by atoms with van der Waals surface area (Å²) in [6.45, 7) is 4.42. The molecular formula is C10H18N4O2. The highest BCUT2D eigenvalue weighted by Crippen LogP contribution is 1.95. The zero-order valence-corrected chi connectivity index (χ0v) is 9.68. The van der Waals surface area contributed by atoms with Gasteiger partial charge in [-0.25, -0.2) is 0 Å². The maximum Gasteiger partial charge on any atom is 0.222 e. The zero-order valence-electron chi connectivity index (χ0n) is 9.68. The second-order valence-corrected chi connectivity index (χ2v) is 3.92. The molecule has 0 spiro atoms. The minimum Gasteiger partial charge on any atom is -0.396 e. The molecule has 1 amide bonds. The van der Waals surface area contributed by atoms with Crippen LogP contribution in [0.5, 0.6) is 0 Å². The molecule has 1 rings (SSSR count). The fraction of sp³-hybridized carbons (Fsp3) is 0.700. The molecule has 6 nitrogen and oxygen atoms in total. The van der Waals surface area contributed by atoms with Gasteiger partial charge in [0.1, 0.15) is 0 Å². The Morgan fingerprint density at radius 3 is 3.00 bits per heavy atom. The molecule has 0 atom stereocenters. The van der Waals surface area contributed by atoms with Crippen LogP contribution in [-0.4, -0.2) is 38.7 Å². The predicted octanol–water partition coefficient (Wildman–Crippen LogP) is -0.272. The number of nitrogens with one attached hydrogen (secondary N) is 1. The van der Waals surface area contributed by atoms with Crippen LogP contribution >= 0.6 is 0 Å². The lowest BCUT2D eigenvalue weighted by Crippen LogP contribution is -2.30. The number of aryl methyl sites for hydroxylation is 1. The number of nitrogens with zero attached hydrogens (tertiary/aromatic N) is 3. The second kappa shape index (κ2) is 6.22. The molecule has 0 aromatic carbocycles. The first-order valence-electron chi connectivity index (χ1n) is 5.41. The molecule has 0 aliphatic carbocycles. The highest BCUT2D eigenvalue weighted by atomic mass is 16.3. The van der Waals surface area contributed by atoms with Crippen LogP contribution in [0.2, 0.25) is 0 Å². The zero-order chi connectivity index (χ0) is 12.0. The summed E-state index contributed by atoms with van der Waals surface area (Å²) < 4.78 is 1.62. The van der Waals surface area contributed by atoms with Crippen LogP contribution in [0.3, 0.4) is 0 Å². The molecular weight excluding hydrogens is 208 g/mol. The van der Waals surface area contributed by atoms with Crippen molar-refractivity contribution < 1.29 is 9.90 Å². The number of aliphatic hydroxyl groups is 1. The molecule has 0 saturated heterocycles. The van der Waals surface area contributed by atoms with Gasteiger partial charge < -0.3 is 10.4 Å². The molecule has 1 heterocycles. The van der Waals surface area contributed by atoms with E-state index < -0.39 is 0 Å². The van der Waals surface area contributed by atoms with Gasteiger partial charge in [-0.05, 0) is 13.8 Å². The third-order valence-electron chi connectivity index (χ3n) is 1.97. The van der Waals surface area contributed by atoms with Crippen molar-refractivity contribution in [1.82, 2.24) is 20.3 Å². The summed E-state index contributed by atoms with van der Waals surface area (Å²) in [7, 11) is 0. The largest absolute Gasteiger partial charge is 0.396 e. The van der Waals surface area contributed by atoms with Gasteiger partial charge >= 0.3 is 0 Å². The van der Waals surface area contributed by atoms with E-state index in [-0.39, 0.29) is 18.6 Å². The average Bonchev–Trinajstić information content (AvgIpc) is 2.62. The molecule has 0 aliphatic rings. The first-order valence-corrected chi connectivity index (χ1v) is 5.41. The average molecular weight is 226 g/mol. The molecule has 6 heteroatoms. The summed E-state index contributed by atoms with van der Waals surface area (Å²) in [5.74, 6) is 0.00853. The van der Waals surface area contributed by atoms with E-state index >= 15 is 0 Å². The van der Waals surface area contributed by atoms with Crippen LogP contribution in [0.4, 0.5) is 0 Å². The molecule has 0 fully saturated rings. The van der Waals surface area contributed by atoms with E-state index in [1.54, 1.807) is 10.9 Å². The van der Waals surface area contributed by atoms with Crippen molar-refractivity contribution in [2.24, 2.45) is 0 Å². The Hall–Kier alpha value is -1.43. The Bertz CT molecular complexity index is 335. The molecule has 16 heavy (non-hydrogen) atoms. The number of carbonyl (C=O) groups is 1. The number of rotatable bonds is 6.